The zero-order valence-electron chi connectivity index (χ0n) is 11.8. The van der Waals surface area contributed by atoms with Crippen molar-refractivity contribution in [2.45, 2.75) is 6.54 Å². The smallest absolute Gasteiger partial charge is 0.186 e. The number of rotatable bonds is 3. The Morgan fingerprint density at radius 2 is 2.09 bits per heavy atom. The van der Waals surface area contributed by atoms with E-state index in [1.807, 2.05) is 0 Å². The molecule has 0 spiro atoms. The molecule has 0 unspecified atom stereocenters. The number of morpholine rings is 1. The van der Waals surface area contributed by atoms with Gasteiger partial charge in [0, 0.05) is 15.8 Å². The molecule has 0 saturated carbocycles. The van der Waals surface area contributed by atoms with E-state index in [0.29, 0.717) is 5.15 Å². The highest BCUT2D eigenvalue weighted by molar-refractivity contribution is 7.18. The molecule has 114 valence electrons. The van der Waals surface area contributed by atoms with Crippen LogP contribution in [-0.4, -0.2) is 36.3 Å². The van der Waals surface area contributed by atoms with Crippen molar-refractivity contribution in [1.82, 2.24) is 9.97 Å². The average molecular weight is 353 g/mol. The lowest BCUT2D eigenvalue weighted by Crippen LogP contribution is -3.12. The van der Waals surface area contributed by atoms with Gasteiger partial charge < -0.3 is 9.64 Å². The number of aromatic nitrogens is 2. The monoisotopic (exact) mass is 352 g/mol. The van der Waals surface area contributed by atoms with Crippen LogP contribution in [0.5, 0.6) is 0 Å². The number of hydrogen-bond acceptors (Lipinski definition) is 5. The molecular weight excluding hydrogens is 338 g/mol. The van der Waals surface area contributed by atoms with E-state index in [0.717, 1.165) is 54.5 Å². The Hall–Kier alpha value is -1.05. The van der Waals surface area contributed by atoms with Crippen LogP contribution in [0.1, 0.15) is 5.82 Å². The summed E-state index contributed by atoms with van der Waals surface area (Å²) in [5.41, 5.74) is 1.14. The Morgan fingerprint density at radius 3 is 2.86 bits per heavy atom. The third kappa shape index (κ3) is 2.77. The van der Waals surface area contributed by atoms with Gasteiger partial charge in [-0.15, -0.1) is 22.7 Å². The molecule has 3 aromatic heterocycles. The predicted octanol–water partition coefficient (Wildman–Crippen LogP) is 2.49. The standard InChI is InChI=1S/C15H14ClN3OS2/c16-14-13-10(11-2-1-7-21-11)9-22-15(13)18-12(17-14)8-19-3-5-20-6-4-19/h1-2,7,9H,3-6,8H2/p+1. The second-order valence-electron chi connectivity index (χ2n) is 5.28. The number of quaternary nitrogens is 1. The van der Waals surface area contributed by atoms with Crippen LogP contribution < -0.4 is 4.90 Å². The molecule has 0 bridgehead atoms. The molecule has 4 rings (SSSR count). The van der Waals surface area contributed by atoms with Crippen LogP contribution in [0, 0.1) is 0 Å². The summed E-state index contributed by atoms with van der Waals surface area (Å²) in [7, 11) is 0. The summed E-state index contributed by atoms with van der Waals surface area (Å²) in [4.78, 5) is 12.9. The van der Waals surface area contributed by atoms with Crippen LogP contribution in [0.2, 0.25) is 5.15 Å². The Balaban J connectivity index is 1.69. The van der Waals surface area contributed by atoms with E-state index in [2.05, 4.69) is 27.9 Å². The summed E-state index contributed by atoms with van der Waals surface area (Å²) < 4.78 is 5.39. The zero-order chi connectivity index (χ0) is 14.9. The molecule has 1 fully saturated rings. The highest BCUT2D eigenvalue weighted by Crippen LogP contribution is 2.38. The van der Waals surface area contributed by atoms with Crippen molar-refractivity contribution in [3.63, 3.8) is 0 Å². The highest BCUT2D eigenvalue weighted by atomic mass is 35.5. The summed E-state index contributed by atoms with van der Waals surface area (Å²) in [5.74, 6) is 0.828. The first kappa shape index (κ1) is 14.5. The second-order valence-corrected chi connectivity index (χ2v) is 7.44. The fourth-order valence-electron chi connectivity index (χ4n) is 2.69. The fourth-order valence-corrected chi connectivity index (χ4v) is 4.82. The van der Waals surface area contributed by atoms with Crippen molar-refractivity contribution in [3.05, 3.63) is 33.9 Å². The third-order valence-electron chi connectivity index (χ3n) is 3.83. The minimum absolute atomic E-state index is 0.567. The molecule has 0 aromatic carbocycles. The van der Waals surface area contributed by atoms with Crippen molar-refractivity contribution in [1.29, 1.82) is 0 Å². The van der Waals surface area contributed by atoms with Gasteiger partial charge in [0.2, 0.25) is 0 Å². The first-order valence-corrected chi connectivity index (χ1v) is 9.34. The summed E-state index contributed by atoms with van der Waals surface area (Å²) in [6.45, 7) is 4.44. The number of thiophene rings is 2. The van der Waals surface area contributed by atoms with E-state index in [9.17, 15) is 0 Å². The largest absolute Gasteiger partial charge is 0.370 e. The third-order valence-corrected chi connectivity index (χ3v) is 5.88. The molecule has 3 aromatic rings. The maximum absolute atomic E-state index is 6.47. The van der Waals surface area contributed by atoms with E-state index < -0.39 is 0 Å². The lowest BCUT2D eigenvalue weighted by atomic mass is 10.2. The molecular formula is C15H15ClN3OS2+. The van der Waals surface area contributed by atoms with Gasteiger partial charge in [0.25, 0.3) is 0 Å². The van der Waals surface area contributed by atoms with Crippen LogP contribution in [-0.2, 0) is 11.3 Å². The van der Waals surface area contributed by atoms with Crippen LogP contribution in [0.3, 0.4) is 0 Å². The van der Waals surface area contributed by atoms with Gasteiger partial charge in [-0.1, -0.05) is 17.7 Å². The SMILES string of the molecule is Clc1nc(C[NH+]2CCOCC2)nc2scc(-c3cccs3)c12. The van der Waals surface area contributed by atoms with Gasteiger partial charge in [-0.2, -0.15) is 0 Å². The lowest BCUT2D eigenvalue weighted by molar-refractivity contribution is -0.922. The molecule has 1 aliphatic heterocycles. The van der Waals surface area contributed by atoms with Gasteiger partial charge in [-0.05, 0) is 11.4 Å². The van der Waals surface area contributed by atoms with Crippen LogP contribution in [0.25, 0.3) is 20.7 Å². The number of halogens is 1. The molecule has 7 heteroatoms. The molecule has 4 heterocycles. The summed E-state index contributed by atoms with van der Waals surface area (Å²) in [6.07, 6.45) is 0. The topological polar surface area (TPSA) is 39.5 Å². The Labute approximate surface area is 141 Å². The van der Waals surface area contributed by atoms with Crippen molar-refractivity contribution >= 4 is 44.5 Å². The maximum Gasteiger partial charge on any atom is 0.186 e. The average Bonchev–Trinajstić information content (AvgIpc) is 3.16. The van der Waals surface area contributed by atoms with Gasteiger partial charge in [-0.25, -0.2) is 9.97 Å². The van der Waals surface area contributed by atoms with Gasteiger partial charge in [0.1, 0.15) is 29.6 Å². The maximum atomic E-state index is 6.47. The van der Waals surface area contributed by atoms with Gasteiger partial charge in [-0.3, -0.25) is 0 Å². The molecule has 1 aliphatic rings. The zero-order valence-corrected chi connectivity index (χ0v) is 14.2. The minimum Gasteiger partial charge on any atom is -0.370 e. The molecule has 0 amide bonds. The number of hydrogen-bond donors (Lipinski definition) is 1. The van der Waals surface area contributed by atoms with Crippen molar-refractivity contribution in [3.8, 4) is 10.4 Å². The Bertz CT molecular complexity index is 782. The number of fused-ring (bicyclic) bond motifs is 1. The molecule has 1 saturated heterocycles. The summed E-state index contributed by atoms with van der Waals surface area (Å²) >= 11 is 9.82. The van der Waals surface area contributed by atoms with Crippen molar-refractivity contribution in [2.75, 3.05) is 26.3 Å². The van der Waals surface area contributed by atoms with E-state index in [4.69, 9.17) is 21.3 Å². The first-order chi connectivity index (χ1) is 10.8. The van der Waals surface area contributed by atoms with Crippen LogP contribution in [0.15, 0.2) is 22.9 Å². The lowest BCUT2D eigenvalue weighted by Gasteiger charge is -2.22. The van der Waals surface area contributed by atoms with E-state index in [-0.39, 0.29) is 0 Å². The van der Waals surface area contributed by atoms with Crippen molar-refractivity contribution in [2.24, 2.45) is 0 Å². The van der Waals surface area contributed by atoms with Crippen LogP contribution in [0.4, 0.5) is 0 Å². The predicted molar refractivity (Wildman–Crippen MR) is 91.0 cm³/mol. The number of nitrogens with one attached hydrogen (secondary N) is 1. The summed E-state index contributed by atoms with van der Waals surface area (Å²) in [6, 6.07) is 4.16. The van der Waals surface area contributed by atoms with Crippen molar-refractivity contribution < 1.29 is 9.64 Å². The first-order valence-electron chi connectivity index (χ1n) is 7.20. The minimum atomic E-state index is 0.567. The molecule has 1 N–H and O–H groups in total. The van der Waals surface area contributed by atoms with E-state index >= 15 is 0 Å². The van der Waals surface area contributed by atoms with E-state index in [1.165, 1.54) is 9.78 Å². The number of nitrogens with zero attached hydrogens (tertiary/aromatic N) is 2. The molecule has 22 heavy (non-hydrogen) atoms. The van der Waals surface area contributed by atoms with E-state index in [1.54, 1.807) is 22.7 Å². The second kappa shape index (κ2) is 6.22. The molecule has 0 atom stereocenters. The fraction of sp³-hybridized carbons (Fsp3) is 0.333. The Morgan fingerprint density at radius 1 is 1.23 bits per heavy atom. The molecule has 0 aliphatic carbocycles. The normalized spacial score (nSPS) is 16.4. The molecule has 0 radical (unpaired) electrons. The molecule has 4 nitrogen and oxygen atoms in total. The van der Waals surface area contributed by atoms with Gasteiger partial charge in [0.15, 0.2) is 5.82 Å². The summed E-state index contributed by atoms with van der Waals surface area (Å²) in [5, 5.41) is 5.75. The number of ether oxygens (including phenoxy) is 1. The van der Waals surface area contributed by atoms with Gasteiger partial charge in [0.05, 0.1) is 18.6 Å². The highest BCUT2D eigenvalue weighted by Gasteiger charge is 2.19. The van der Waals surface area contributed by atoms with Gasteiger partial charge >= 0.3 is 0 Å². The van der Waals surface area contributed by atoms with Crippen LogP contribution >= 0.6 is 34.3 Å². The quantitative estimate of drug-likeness (QED) is 0.736. The Kier molecular flexibility index (Phi) is 4.11.